The SMILES string of the molecule is O=C(O)C(CF)NC(=O)C1CCCN1C(=O)c1ccccc1OC(F)F. The number of carboxylic acids is 1. The van der Waals surface area contributed by atoms with E-state index in [-0.39, 0.29) is 24.3 Å². The van der Waals surface area contributed by atoms with Crippen molar-refractivity contribution < 1.29 is 37.4 Å². The zero-order valence-corrected chi connectivity index (χ0v) is 13.5. The summed E-state index contributed by atoms with van der Waals surface area (Å²) in [7, 11) is 0. The quantitative estimate of drug-likeness (QED) is 0.753. The average molecular weight is 374 g/mol. The highest BCUT2D eigenvalue weighted by atomic mass is 19.3. The van der Waals surface area contributed by atoms with Gasteiger partial charge in [0.05, 0.1) is 5.56 Å². The fourth-order valence-electron chi connectivity index (χ4n) is 2.71. The number of nitrogens with zero attached hydrogens (tertiary/aromatic N) is 1. The number of carbonyl (C=O) groups excluding carboxylic acids is 2. The van der Waals surface area contributed by atoms with Gasteiger partial charge in [-0.25, -0.2) is 9.18 Å². The Labute approximate surface area is 146 Å². The number of nitrogens with one attached hydrogen (secondary N) is 1. The number of carbonyl (C=O) groups is 3. The summed E-state index contributed by atoms with van der Waals surface area (Å²) >= 11 is 0. The zero-order valence-electron chi connectivity index (χ0n) is 13.5. The van der Waals surface area contributed by atoms with Gasteiger partial charge in [-0.3, -0.25) is 9.59 Å². The first-order valence-corrected chi connectivity index (χ1v) is 7.79. The number of hydrogen-bond acceptors (Lipinski definition) is 4. The van der Waals surface area contributed by atoms with Crippen LogP contribution in [0.15, 0.2) is 24.3 Å². The molecule has 2 amide bonds. The molecule has 10 heteroatoms. The maximum Gasteiger partial charge on any atom is 0.387 e. The molecule has 0 radical (unpaired) electrons. The van der Waals surface area contributed by atoms with Crippen LogP contribution < -0.4 is 10.1 Å². The Bertz CT molecular complexity index is 686. The number of halogens is 3. The van der Waals surface area contributed by atoms with Crippen molar-refractivity contribution in [2.24, 2.45) is 0 Å². The van der Waals surface area contributed by atoms with Crippen molar-refractivity contribution in [2.45, 2.75) is 31.5 Å². The third kappa shape index (κ3) is 4.44. The highest BCUT2D eigenvalue weighted by Gasteiger charge is 2.37. The molecule has 0 bridgehead atoms. The van der Waals surface area contributed by atoms with E-state index in [1.54, 1.807) is 0 Å². The second kappa shape index (κ2) is 8.54. The van der Waals surface area contributed by atoms with E-state index in [0.717, 1.165) is 4.90 Å². The summed E-state index contributed by atoms with van der Waals surface area (Å²) in [5, 5.41) is 10.8. The van der Waals surface area contributed by atoms with Gasteiger partial charge in [-0.05, 0) is 25.0 Å². The molecule has 0 spiro atoms. The van der Waals surface area contributed by atoms with Crippen LogP contribution in [0.25, 0.3) is 0 Å². The molecule has 1 aromatic rings. The van der Waals surface area contributed by atoms with E-state index in [0.29, 0.717) is 6.42 Å². The van der Waals surface area contributed by atoms with Crippen molar-refractivity contribution in [2.75, 3.05) is 13.2 Å². The number of hydrogen-bond donors (Lipinski definition) is 2. The molecule has 2 atom stereocenters. The Kier molecular flexibility index (Phi) is 6.42. The molecular formula is C16H17F3N2O5. The maximum absolute atomic E-state index is 12.7. The molecular weight excluding hydrogens is 357 g/mol. The Morgan fingerprint density at radius 1 is 1.31 bits per heavy atom. The average Bonchev–Trinajstić information content (AvgIpc) is 3.08. The number of rotatable bonds is 7. The molecule has 0 aliphatic carbocycles. The molecule has 0 saturated carbocycles. The predicted octanol–water partition coefficient (Wildman–Crippen LogP) is 1.43. The lowest BCUT2D eigenvalue weighted by Gasteiger charge is -2.25. The van der Waals surface area contributed by atoms with Crippen molar-refractivity contribution in [1.82, 2.24) is 10.2 Å². The lowest BCUT2D eigenvalue weighted by atomic mass is 10.1. The van der Waals surface area contributed by atoms with Crippen LogP contribution in [0.2, 0.25) is 0 Å². The number of alkyl halides is 3. The largest absolute Gasteiger partial charge is 0.480 e. The minimum atomic E-state index is -3.12. The van der Waals surface area contributed by atoms with Crippen molar-refractivity contribution in [3.63, 3.8) is 0 Å². The van der Waals surface area contributed by atoms with E-state index in [2.05, 4.69) is 4.74 Å². The van der Waals surface area contributed by atoms with Crippen LogP contribution >= 0.6 is 0 Å². The molecule has 1 heterocycles. The van der Waals surface area contributed by atoms with Crippen LogP contribution in [0.1, 0.15) is 23.2 Å². The van der Waals surface area contributed by atoms with Crippen LogP contribution in [-0.2, 0) is 9.59 Å². The van der Waals surface area contributed by atoms with Gasteiger partial charge in [0.2, 0.25) is 5.91 Å². The Hall–Kier alpha value is -2.78. The summed E-state index contributed by atoms with van der Waals surface area (Å²) in [6, 6.07) is 2.63. The van der Waals surface area contributed by atoms with Crippen LogP contribution in [0.5, 0.6) is 5.75 Å². The van der Waals surface area contributed by atoms with Gasteiger partial charge in [0, 0.05) is 6.54 Å². The fourth-order valence-corrected chi connectivity index (χ4v) is 2.71. The second-order valence-electron chi connectivity index (χ2n) is 5.58. The molecule has 2 N–H and O–H groups in total. The van der Waals surface area contributed by atoms with Gasteiger partial charge in [-0.15, -0.1) is 0 Å². The summed E-state index contributed by atoms with van der Waals surface area (Å²) in [5.74, 6) is -3.38. The summed E-state index contributed by atoms with van der Waals surface area (Å²) in [5.41, 5.74) is -0.146. The molecule has 1 saturated heterocycles. The number of ether oxygens (including phenoxy) is 1. The van der Waals surface area contributed by atoms with Crippen LogP contribution in [0.4, 0.5) is 13.2 Å². The fraction of sp³-hybridized carbons (Fsp3) is 0.438. The van der Waals surface area contributed by atoms with E-state index in [1.165, 1.54) is 24.3 Å². The third-order valence-electron chi connectivity index (χ3n) is 3.92. The van der Waals surface area contributed by atoms with Gasteiger partial charge in [0.1, 0.15) is 18.5 Å². The number of likely N-dealkylation sites (tertiary alicyclic amines) is 1. The van der Waals surface area contributed by atoms with E-state index >= 15 is 0 Å². The van der Waals surface area contributed by atoms with Gasteiger partial charge in [0.25, 0.3) is 5.91 Å². The van der Waals surface area contributed by atoms with Crippen molar-refractivity contribution >= 4 is 17.8 Å². The van der Waals surface area contributed by atoms with Gasteiger partial charge in [0.15, 0.2) is 6.04 Å². The van der Waals surface area contributed by atoms with E-state index < -0.39 is 43.2 Å². The molecule has 1 aliphatic rings. The predicted molar refractivity (Wildman–Crippen MR) is 82.7 cm³/mol. The molecule has 0 aromatic heterocycles. The number of amides is 2. The molecule has 1 fully saturated rings. The lowest BCUT2D eigenvalue weighted by Crippen LogP contribution is -2.51. The number of aliphatic carboxylic acids is 1. The monoisotopic (exact) mass is 374 g/mol. The molecule has 2 unspecified atom stereocenters. The van der Waals surface area contributed by atoms with Gasteiger partial charge in [-0.1, -0.05) is 12.1 Å². The Balaban J connectivity index is 2.18. The first-order chi connectivity index (χ1) is 12.3. The lowest BCUT2D eigenvalue weighted by molar-refractivity contribution is -0.142. The highest BCUT2D eigenvalue weighted by molar-refractivity contribution is 6.00. The third-order valence-corrected chi connectivity index (χ3v) is 3.92. The Morgan fingerprint density at radius 2 is 2.00 bits per heavy atom. The summed E-state index contributed by atoms with van der Waals surface area (Å²) in [6.45, 7) is -4.25. The highest BCUT2D eigenvalue weighted by Crippen LogP contribution is 2.26. The summed E-state index contributed by atoms with van der Waals surface area (Å²) < 4.78 is 42.0. The first kappa shape index (κ1) is 19.5. The van der Waals surface area contributed by atoms with Crippen molar-refractivity contribution in [3.8, 4) is 5.75 Å². The smallest absolute Gasteiger partial charge is 0.387 e. The van der Waals surface area contributed by atoms with Gasteiger partial charge >= 0.3 is 12.6 Å². The first-order valence-electron chi connectivity index (χ1n) is 7.79. The Morgan fingerprint density at radius 3 is 2.62 bits per heavy atom. The summed E-state index contributed by atoms with van der Waals surface area (Å²) in [6.07, 6.45) is 0.698. The van der Waals surface area contributed by atoms with Crippen LogP contribution in [-0.4, -0.2) is 59.7 Å². The molecule has 1 aromatic carbocycles. The topological polar surface area (TPSA) is 95.9 Å². The number of benzene rings is 1. The zero-order chi connectivity index (χ0) is 19.3. The molecule has 1 aliphatic heterocycles. The molecule has 2 rings (SSSR count). The summed E-state index contributed by atoms with van der Waals surface area (Å²) in [4.78, 5) is 36.9. The van der Waals surface area contributed by atoms with E-state index in [1.807, 2.05) is 5.32 Å². The van der Waals surface area contributed by atoms with Crippen molar-refractivity contribution in [3.05, 3.63) is 29.8 Å². The van der Waals surface area contributed by atoms with Gasteiger partial charge in [-0.2, -0.15) is 8.78 Å². The molecule has 142 valence electrons. The van der Waals surface area contributed by atoms with E-state index in [9.17, 15) is 27.6 Å². The number of carboxylic acid groups (broad SMARTS) is 1. The minimum absolute atomic E-state index is 0.146. The van der Waals surface area contributed by atoms with Crippen LogP contribution in [0, 0.1) is 0 Å². The van der Waals surface area contributed by atoms with Crippen LogP contribution in [0.3, 0.4) is 0 Å². The maximum atomic E-state index is 12.7. The van der Waals surface area contributed by atoms with Gasteiger partial charge < -0.3 is 20.1 Å². The minimum Gasteiger partial charge on any atom is -0.480 e. The van der Waals surface area contributed by atoms with E-state index in [4.69, 9.17) is 5.11 Å². The molecule has 26 heavy (non-hydrogen) atoms. The van der Waals surface area contributed by atoms with Crippen molar-refractivity contribution in [1.29, 1.82) is 0 Å². The normalized spacial score (nSPS) is 17.8. The molecule has 7 nitrogen and oxygen atoms in total. The second-order valence-corrected chi connectivity index (χ2v) is 5.58. The number of para-hydroxylation sites is 1. The standard InChI is InChI=1S/C16H17F3N2O5/c17-8-10(15(24)25)20-13(22)11-5-3-7-21(11)14(23)9-4-1-2-6-12(9)26-16(18)19/h1-2,4,6,10-11,16H,3,5,7-8H2,(H,20,22)(H,24,25).